The van der Waals surface area contributed by atoms with Crippen LogP contribution in [0.2, 0.25) is 0 Å². The van der Waals surface area contributed by atoms with E-state index >= 15 is 0 Å². The zero-order chi connectivity index (χ0) is 6.53. The van der Waals surface area contributed by atoms with Gasteiger partial charge in [-0.25, -0.2) is 0 Å². The summed E-state index contributed by atoms with van der Waals surface area (Å²) in [5, 5.41) is 10.6. The third-order valence-corrected chi connectivity index (χ3v) is 1.78. The van der Waals surface area contributed by atoms with Crippen LogP contribution in [0.15, 0.2) is 6.33 Å². The molecule has 0 aromatic carbocycles. The lowest BCUT2D eigenvalue weighted by Crippen LogP contribution is -1.88. The average Bonchev–Trinajstić information content (AvgIpc) is 2.34. The monoisotopic (exact) mass is 144 g/mol. The molecule has 4 nitrogen and oxygen atoms in total. The van der Waals surface area contributed by atoms with Crippen LogP contribution in [0.1, 0.15) is 13.3 Å². The zero-order valence-electron chi connectivity index (χ0n) is 5.19. The first-order chi connectivity index (χ1) is 4.43. The normalized spacial score (nSPS) is 9.89. The highest BCUT2D eigenvalue weighted by Crippen LogP contribution is 2.01. The van der Waals surface area contributed by atoms with Crippen molar-refractivity contribution >= 4 is 11.9 Å². The molecule has 0 radical (unpaired) electrons. The molecule has 1 heterocycles. The summed E-state index contributed by atoms with van der Waals surface area (Å²) >= 11 is 1.61. The van der Waals surface area contributed by atoms with Crippen molar-refractivity contribution in [2.45, 2.75) is 13.3 Å². The molecule has 50 valence electrons. The molecular formula is C4H8N4S. The van der Waals surface area contributed by atoms with Gasteiger partial charge in [0.15, 0.2) is 6.33 Å². The second-order valence-electron chi connectivity index (χ2n) is 1.55. The van der Waals surface area contributed by atoms with E-state index in [1.165, 1.54) is 0 Å². The van der Waals surface area contributed by atoms with Crippen molar-refractivity contribution in [1.29, 1.82) is 0 Å². The van der Waals surface area contributed by atoms with E-state index in [1.54, 1.807) is 22.4 Å². The van der Waals surface area contributed by atoms with Gasteiger partial charge >= 0.3 is 0 Å². The van der Waals surface area contributed by atoms with E-state index in [2.05, 4.69) is 22.4 Å². The van der Waals surface area contributed by atoms with Crippen molar-refractivity contribution < 1.29 is 0 Å². The highest BCUT2D eigenvalue weighted by molar-refractivity contribution is 7.97. The van der Waals surface area contributed by atoms with E-state index in [0.29, 0.717) is 0 Å². The number of aromatic nitrogens is 4. The second kappa shape index (κ2) is 3.45. The molecular weight excluding hydrogens is 136 g/mol. The molecule has 0 aliphatic heterocycles. The smallest absolute Gasteiger partial charge is 0.150 e. The van der Waals surface area contributed by atoms with Crippen molar-refractivity contribution in [1.82, 2.24) is 19.6 Å². The molecule has 0 bridgehead atoms. The molecule has 0 amide bonds. The predicted octanol–water partition coefficient (Wildman–Crippen LogP) is 0.579. The molecule has 0 saturated carbocycles. The lowest BCUT2D eigenvalue weighted by Gasteiger charge is -1.91. The van der Waals surface area contributed by atoms with Crippen LogP contribution in [0.25, 0.3) is 0 Å². The van der Waals surface area contributed by atoms with E-state index < -0.39 is 0 Å². The number of hydrogen-bond donors (Lipinski definition) is 0. The van der Waals surface area contributed by atoms with Crippen molar-refractivity contribution in [3.63, 3.8) is 0 Å². The first-order valence-corrected chi connectivity index (χ1v) is 3.74. The standard InChI is InChI=1S/C4H8N4S/c1-2-3-9-8-4-5-6-7-8/h4H,2-3H2,1H3. The summed E-state index contributed by atoms with van der Waals surface area (Å²) < 4.78 is 1.66. The van der Waals surface area contributed by atoms with Gasteiger partial charge in [-0.1, -0.05) is 6.92 Å². The molecule has 1 aromatic rings. The van der Waals surface area contributed by atoms with Crippen LogP contribution >= 0.6 is 11.9 Å². The number of rotatable bonds is 3. The summed E-state index contributed by atoms with van der Waals surface area (Å²) in [6.45, 7) is 2.12. The number of nitrogens with zero attached hydrogens (tertiary/aromatic N) is 4. The number of hydrogen-bond acceptors (Lipinski definition) is 4. The molecule has 5 heteroatoms. The molecule has 0 saturated heterocycles. The van der Waals surface area contributed by atoms with Crippen LogP contribution in [-0.4, -0.2) is 25.4 Å². The van der Waals surface area contributed by atoms with Crippen LogP contribution in [-0.2, 0) is 0 Å². The first kappa shape index (κ1) is 6.54. The maximum Gasteiger partial charge on any atom is 0.150 e. The third-order valence-electron chi connectivity index (χ3n) is 0.758. The highest BCUT2D eigenvalue weighted by atomic mass is 32.2. The summed E-state index contributed by atoms with van der Waals surface area (Å²) in [5.41, 5.74) is 0. The van der Waals surface area contributed by atoms with Gasteiger partial charge in [0.05, 0.1) is 0 Å². The summed E-state index contributed by atoms with van der Waals surface area (Å²) in [4.78, 5) is 0. The fourth-order valence-corrected chi connectivity index (χ4v) is 0.960. The van der Waals surface area contributed by atoms with E-state index in [-0.39, 0.29) is 0 Å². The van der Waals surface area contributed by atoms with E-state index in [1.807, 2.05) is 0 Å². The molecule has 0 aliphatic rings. The van der Waals surface area contributed by atoms with Crippen molar-refractivity contribution in [2.24, 2.45) is 0 Å². The molecule has 0 atom stereocenters. The SMILES string of the molecule is CCCSn1cnnn1. The van der Waals surface area contributed by atoms with Gasteiger partial charge in [-0.15, -0.1) is 5.10 Å². The average molecular weight is 144 g/mol. The topological polar surface area (TPSA) is 43.6 Å². The Balaban J connectivity index is 2.30. The minimum Gasteiger partial charge on any atom is -0.174 e. The van der Waals surface area contributed by atoms with Gasteiger partial charge in [0, 0.05) is 5.75 Å². The molecule has 1 rings (SSSR count). The highest BCUT2D eigenvalue weighted by Gasteiger charge is 1.88. The summed E-state index contributed by atoms with van der Waals surface area (Å²) in [7, 11) is 0. The van der Waals surface area contributed by atoms with Crippen molar-refractivity contribution in [2.75, 3.05) is 5.75 Å². The van der Waals surface area contributed by atoms with E-state index in [9.17, 15) is 0 Å². The lowest BCUT2D eigenvalue weighted by atomic mass is 10.6. The fourth-order valence-electron chi connectivity index (χ4n) is 0.397. The van der Waals surface area contributed by atoms with Crippen molar-refractivity contribution in [3.8, 4) is 0 Å². The number of tetrazole rings is 1. The van der Waals surface area contributed by atoms with Crippen molar-refractivity contribution in [3.05, 3.63) is 6.33 Å². The molecule has 0 spiro atoms. The van der Waals surface area contributed by atoms with Gasteiger partial charge in [-0.3, -0.25) is 0 Å². The Morgan fingerprint density at radius 2 is 2.56 bits per heavy atom. The van der Waals surface area contributed by atoms with Gasteiger partial charge < -0.3 is 0 Å². The van der Waals surface area contributed by atoms with Crippen LogP contribution in [0, 0.1) is 0 Å². The molecule has 0 N–H and O–H groups in total. The van der Waals surface area contributed by atoms with Crippen LogP contribution < -0.4 is 0 Å². The van der Waals surface area contributed by atoms with Gasteiger partial charge in [0.1, 0.15) is 0 Å². The Labute approximate surface area is 57.8 Å². The van der Waals surface area contributed by atoms with E-state index in [4.69, 9.17) is 0 Å². The quantitative estimate of drug-likeness (QED) is 0.622. The molecule has 1 aromatic heterocycles. The summed E-state index contributed by atoms with van der Waals surface area (Å²) in [5.74, 6) is 1.06. The fraction of sp³-hybridized carbons (Fsp3) is 0.750. The second-order valence-corrected chi connectivity index (χ2v) is 2.59. The molecule has 0 unspecified atom stereocenters. The maximum atomic E-state index is 3.67. The largest absolute Gasteiger partial charge is 0.174 e. The van der Waals surface area contributed by atoms with Crippen LogP contribution in [0.5, 0.6) is 0 Å². The summed E-state index contributed by atoms with van der Waals surface area (Å²) in [6, 6.07) is 0. The van der Waals surface area contributed by atoms with Gasteiger partial charge in [-0.05, 0) is 28.8 Å². The molecule has 0 fully saturated rings. The zero-order valence-corrected chi connectivity index (χ0v) is 6.01. The predicted molar refractivity (Wildman–Crippen MR) is 36.0 cm³/mol. The summed E-state index contributed by atoms with van der Waals surface area (Å²) in [6.07, 6.45) is 2.74. The molecule has 9 heavy (non-hydrogen) atoms. The van der Waals surface area contributed by atoms with E-state index in [0.717, 1.165) is 12.2 Å². The molecule has 0 aliphatic carbocycles. The Hall–Kier alpha value is -0.580. The van der Waals surface area contributed by atoms with Gasteiger partial charge in [0.2, 0.25) is 0 Å². The van der Waals surface area contributed by atoms with Crippen LogP contribution in [0.4, 0.5) is 0 Å². The Kier molecular flexibility index (Phi) is 2.50. The van der Waals surface area contributed by atoms with Gasteiger partial charge in [0.25, 0.3) is 0 Å². The minimum absolute atomic E-state index is 1.06. The third kappa shape index (κ3) is 2.01. The van der Waals surface area contributed by atoms with Gasteiger partial charge in [-0.2, -0.15) is 4.09 Å². The Morgan fingerprint density at radius 3 is 3.11 bits per heavy atom. The Bertz CT molecular complexity index is 150. The lowest BCUT2D eigenvalue weighted by molar-refractivity contribution is 0.851. The Morgan fingerprint density at radius 1 is 1.67 bits per heavy atom. The van der Waals surface area contributed by atoms with Crippen LogP contribution in [0.3, 0.4) is 0 Å². The minimum atomic E-state index is 1.06. The first-order valence-electron chi connectivity index (χ1n) is 2.79. The maximum absolute atomic E-state index is 3.67.